The van der Waals surface area contributed by atoms with Crippen molar-refractivity contribution in [2.75, 3.05) is 6.54 Å². The van der Waals surface area contributed by atoms with Gasteiger partial charge in [0.2, 0.25) is 10.0 Å². The first-order chi connectivity index (χ1) is 9.53. The molecule has 20 heavy (non-hydrogen) atoms. The second-order valence-corrected chi connectivity index (χ2v) is 7.38. The fourth-order valence-electron chi connectivity index (χ4n) is 1.83. The van der Waals surface area contributed by atoms with E-state index in [4.69, 9.17) is 5.73 Å². The van der Waals surface area contributed by atoms with Crippen LogP contribution in [0, 0.1) is 0 Å². The number of rotatable bonds is 6. The van der Waals surface area contributed by atoms with Crippen molar-refractivity contribution in [3.63, 3.8) is 0 Å². The van der Waals surface area contributed by atoms with Crippen LogP contribution in [0.1, 0.15) is 23.3 Å². The zero-order valence-corrected chi connectivity index (χ0v) is 12.9. The van der Waals surface area contributed by atoms with Crippen molar-refractivity contribution in [1.82, 2.24) is 4.72 Å². The van der Waals surface area contributed by atoms with E-state index in [1.165, 1.54) is 11.3 Å². The van der Waals surface area contributed by atoms with E-state index in [0.717, 1.165) is 10.4 Å². The smallest absolute Gasteiger partial charge is 0.241 e. The summed E-state index contributed by atoms with van der Waals surface area (Å²) in [6, 6.07) is 11.5. The number of nitrogens with one attached hydrogen (secondary N) is 1. The van der Waals surface area contributed by atoms with Gasteiger partial charge in [-0.15, -0.1) is 11.3 Å². The van der Waals surface area contributed by atoms with Crippen LogP contribution in [0.25, 0.3) is 0 Å². The summed E-state index contributed by atoms with van der Waals surface area (Å²) in [5.74, 6) is 0.124. The number of thiophene rings is 1. The molecule has 0 radical (unpaired) electrons. The number of sulfonamides is 1. The van der Waals surface area contributed by atoms with Gasteiger partial charge in [0.15, 0.2) is 0 Å². The maximum absolute atomic E-state index is 12.2. The molecule has 4 nitrogen and oxygen atoms in total. The lowest BCUT2D eigenvalue weighted by Crippen LogP contribution is -2.27. The summed E-state index contributed by atoms with van der Waals surface area (Å²) in [4.78, 5) is 1.16. The first-order valence-corrected chi connectivity index (χ1v) is 8.71. The number of benzene rings is 1. The van der Waals surface area contributed by atoms with Crippen LogP contribution in [0.3, 0.4) is 0 Å². The lowest BCUT2D eigenvalue weighted by Gasteiger charge is -2.12. The molecule has 2 aromatic rings. The van der Waals surface area contributed by atoms with E-state index >= 15 is 0 Å². The van der Waals surface area contributed by atoms with Crippen LogP contribution in [-0.2, 0) is 16.6 Å². The highest BCUT2D eigenvalue weighted by Gasteiger charge is 2.17. The Morgan fingerprint density at radius 2 is 2.00 bits per heavy atom. The Bertz CT molecular complexity index is 651. The Kier molecular flexibility index (Phi) is 4.93. The van der Waals surface area contributed by atoms with Crippen LogP contribution in [0.2, 0.25) is 0 Å². The quantitative estimate of drug-likeness (QED) is 0.860. The highest BCUT2D eigenvalue weighted by molar-refractivity contribution is 7.89. The highest BCUT2D eigenvalue weighted by atomic mass is 32.2. The minimum Gasteiger partial charge on any atom is -0.326 e. The van der Waals surface area contributed by atoms with Crippen LogP contribution in [-0.4, -0.2) is 15.0 Å². The Labute approximate surface area is 123 Å². The number of hydrogen-bond donors (Lipinski definition) is 2. The second-order valence-electron chi connectivity index (χ2n) is 4.62. The minimum absolute atomic E-state index is 0.124. The molecule has 0 aliphatic rings. The topological polar surface area (TPSA) is 72.2 Å². The van der Waals surface area contributed by atoms with Gasteiger partial charge >= 0.3 is 0 Å². The maximum atomic E-state index is 12.2. The van der Waals surface area contributed by atoms with Gasteiger partial charge < -0.3 is 5.73 Å². The van der Waals surface area contributed by atoms with E-state index < -0.39 is 10.0 Å². The van der Waals surface area contributed by atoms with Crippen molar-refractivity contribution in [3.8, 4) is 0 Å². The molecule has 1 atom stereocenters. The molecule has 0 fully saturated rings. The van der Waals surface area contributed by atoms with Crippen LogP contribution in [0.5, 0.6) is 0 Å². The van der Waals surface area contributed by atoms with Crippen LogP contribution >= 0.6 is 11.3 Å². The number of nitrogens with two attached hydrogens (primary N) is 1. The monoisotopic (exact) mass is 310 g/mol. The average molecular weight is 310 g/mol. The first kappa shape index (κ1) is 15.2. The molecule has 1 aromatic carbocycles. The van der Waals surface area contributed by atoms with E-state index in [2.05, 4.69) is 4.72 Å². The fourth-order valence-corrected chi connectivity index (χ4v) is 4.11. The van der Waals surface area contributed by atoms with Gasteiger partial charge in [-0.3, -0.25) is 0 Å². The third-order valence-corrected chi connectivity index (χ3v) is 5.60. The zero-order chi connectivity index (χ0) is 14.6. The van der Waals surface area contributed by atoms with Crippen LogP contribution < -0.4 is 10.5 Å². The van der Waals surface area contributed by atoms with E-state index in [9.17, 15) is 8.42 Å². The summed E-state index contributed by atoms with van der Waals surface area (Å²) in [5.41, 5.74) is 6.61. The Morgan fingerprint density at radius 1 is 1.30 bits per heavy atom. The van der Waals surface area contributed by atoms with Crippen molar-refractivity contribution in [2.45, 2.75) is 24.3 Å². The molecule has 0 amide bonds. The predicted molar refractivity (Wildman–Crippen MR) is 82.3 cm³/mol. The highest BCUT2D eigenvalue weighted by Crippen LogP contribution is 2.20. The predicted octanol–water partition coefficient (Wildman–Crippen LogP) is 2.29. The third kappa shape index (κ3) is 3.67. The summed E-state index contributed by atoms with van der Waals surface area (Å²) in [5, 5.41) is 1.62. The molecule has 0 spiro atoms. The average Bonchev–Trinajstić information content (AvgIpc) is 2.95. The standard InChI is InChI=1S/C14H18N2O2S2/c1-11(12-5-3-2-4-6-12)9-16-20(17,18)14-7-13(8-15)19-10-14/h2-7,10-11,16H,8-9,15H2,1H3. The van der Waals surface area contributed by atoms with Gasteiger partial charge in [-0.25, -0.2) is 13.1 Å². The molecule has 2 rings (SSSR count). The molecule has 6 heteroatoms. The minimum atomic E-state index is -3.45. The molecular formula is C14H18N2O2S2. The Morgan fingerprint density at radius 3 is 2.60 bits per heavy atom. The Balaban J connectivity index is 2.02. The van der Waals surface area contributed by atoms with Gasteiger partial charge in [0.1, 0.15) is 0 Å². The lowest BCUT2D eigenvalue weighted by molar-refractivity contribution is 0.575. The van der Waals surface area contributed by atoms with Crippen molar-refractivity contribution in [1.29, 1.82) is 0 Å². The third-order valence-electron chi connectivity index (χ3n) is 3.09. The van der Waals surface area contributed by atoms with E-state index in [1.807, 2.05) is 37.3 Å². The van der Waals surface area contributed by atoms with Gasteiger partial charge in [-0.05, 0) is 17.5 Å². The van der Waals surface area contributed by atoms with E-state index in [0.29, 0.717) is 18.0 Å². The van der Waals surface area contributed by atoms with E-state index in [1.54, 1.807) is 11.4 Å². The van der Waals surface area contributed by atoms with E-state index in [-0.39, 0.29) is 5.92 Å². The molecular weight excluding hydrogens is 292 g/mol. The van der Waals surface area contributed by atoms with Gasteiger partial charge in [0, 0.05) is 23.3 Å². The molecule has 1 heterocycles. The summed E-state index contributed by atoms with van der Waals surface area (Å²) in [6.07, 6.45) is 0. The first-order valence-electron chi connectivity index (χ1n) is 6.35. The fraction of sp³-hybridized carbons (Fsp3) is 0.286. The summed E-state index contributed by atoms with van der Waals surface area (Å²) < 4.78 is 27.0. The molecule has 1 aromatic heterocycles. The molecule has 108 valence electrons. The normalized spacial score (nSPS) is 13.3. The summed E-state index contributed by atoms with van der Waals surface area (Å²) >= 11 is 1.36. The molecule has 0 aliphatic carbocycles. The Hall–Kier alpha value is -1.21. The molecule has 1 unspecified atom stereocenters. The van der Waals surface area contributed by atoms with Crippen molar-refractivity contribution in [2.24, 2.45) is 5.73 Å². The summed E-state index contributed by atoms with van der Waals surface area (Å²) in [7, 11) is -3.45. The SMILES string of the molecule is CC(CNS(=O)(=O)c1csc(CN)c1)c1ccccc1. The largest absolute Gasteiger partial charge is 0.326 e. The zero-order valence-electron chi connectivity index (χ0n) is 11.2. The molecule has 0 saturated carbocycles. The second kappa shape index (κ2) is 6.49. The van der Waals surface area contributed by atoms with Gasteiger partial charge in [-0.1, -0.05) is 37.3 Å². The maximum Gasteiger partial charge on any atom is 0.241 e. The van der Waals surface area contributed by atoms with Crippen LogP contribution in [0.4, 0.5) is 0 Å². The van der Waals surface area contributed by atoms with Gasteiger partial charge in [0.25, 0.3) is 0 Å². The van der Waals surface area contributed by atoms with Gasteiger partial charge in [-0.2, -0.15) is 0 Å². The molecule has 3 N–H and O–H groups in total. The number of hydrogen-bond acceptors (Lipinski definition) is 4. The lowest BCUT2D eigenvalue weighted by atomic mass is 10.0. The molecule has 0 bridgehead atoms. The van der Waals surface area contributed by atoms with Gasteiger partial charge in [0.05, 0.1) is 4.90 Å². The molecule has 0 saturated heterocycles. The van der Waals surface area contributed by atoms with Crippen molar-refractivity contribution in [3.05, 3.63) is 52.2 Å². The summed E-state index contributed by atoms with van der Waals surface area (Å²) in [6.45, 7) is 2.73. The van der Waals surface area contributed by atoms with Crippen molar-refractivity contribution >= 4 is 21.4 Å². The molecule has 0 aliphatic heterocycles. The van der Waals surface area contributed by atoms with Crippen molar-refractivity contribution < 1.29 is 8.42 Å². The van der Waals surface area contributed by atoms with Crippen LogP contribution in [0.15, 0.2) is 46.7 Å².